The van der Waals surface area contributed by atoms with Crippen molar-refractivity contribution in [2.75, 3.05) is 0 Å². The van der Waals surface area contributed by atoms with Gasteiger partial charge in [-0.2, -0.15) is 0 Å². The number of nitrogens with two attached hydrogens (primary N) is 1. The lowest BCUT2D eigenvalue weighted by Crippen LogP contribution is -2.07. The average molecular weight is 232 g/mol. The Balaban J connectivity index is 2.51. The van der Waals surface area contributed by atoms with Crippen LogP contribution in [0.15, 0.2) is 12.1 Å². The Morgan fingerprint density at radius 1 is 1.33 bits per heavy atom. The lowest BCUT2D eigenvalue weighted by Gasteiger charge is -2.07. The van der Waals surface area contributed by atoms with Crippen LogP contribution in [0.3, 0.4) is 0 Å². The third-order valence-electron chi connectivity index (χ3n) is 3.30. The summed E-state index contributed by atoms with van der Waals surface area (Å²) in [6.45, 7) is 3.78. The van der Waals surface area contributed by atoms with Crippen molar-refractivity contribution in [2.24, 2.45) is 11.1 Å². The summed E-state index contributed by atoms with van der Waals surface area (Å²) >= 11 is 5.62. The van der Waals surface area contributed by atoms with Crippen molar-refractivity contribution in [3.05, 3.63) is 34.4 Å². The summed E-state index contributed by atoms with van der Waals surface area (Å²) in [7, 11) is 0. The Hall–Kier alpha value is -0.670. The quantitative estimate of drug-likeness (QED) is 0.739. The van der Waals surface area contributed by atoms with E-state index in [0.29, 0.717) is 0 Å². The Bertz CT molecular complexity index is 417. The highest BCUT2D eigenvalue weighted by atomic mass is 35.5. The van der Waals surface area contributed by atoms with Gasteiger partial charge in [-0.15, -0.1) is 0 Å². The van der Waals surface area contributed by atoms with Crippen LogP contribution in [0.5, 0.6) is 0 Å². The zero-order valence-corrected chi connectivity index (χ0v) is 9.28. The van der Waals surface area contributed by atoms with Gasteiger partial charge in [0.2, 0.25) is 0 Å². The summed E-state index contributed by atoms with van der Waals surface area (Å²) in [6.07, 6.45) is 0. The standard InChI is InChI=1S/C11H12ClF2N/c1-11(2)8(10(11)15)7-6(13)4-3-5(12)9(7)14/h3-4,8,10H,15H2,1-2H3. The smallest absolute Gasteiger partial charge is 0.148 e. The molecule has 0 bridgehead atoms. The monoisotopic (exact) mass is 231 g/mol. The van der Waals surface area contributed by atoms with Gasteiger partial charge < -0.3 is 5.73 Å². The molecule has 0 saturated heterocycles. The summed E-state index contributed by atoms with van der Waals surface area (Å²) in [5.74, 6) is -1.53. The second-order valence-corrected chi connectivity index (χ2v) is 4.99. The Labute approximate surface area is 92.2 Å². The van der Waals surface area contributed by atoms with E-state index in [2.05, 4.69) is 0 Å². The number of rotatable bonds is 1. The molecule has 2 N–H and O–H groups in total. The second kappa shape index (κ2) is 3.16. The van der Waals surface area contributed by atoms with Crippen LogP contribution in [0.25, 0.3) is 0 Å². The minimum atomic E-state index is -0.678. The van der Waals surface area contributed by atoms with E-state index in [1.54, 1.807) is 0 Å². The molecule has 1 aromatic carbocycles. The van der Waals surface area contributed by atoms with E-state index in [-0.39, 0.29) is 28.0 Å². The molecule has 4 heteroatoms. The molecule has 2 atom stereocenters. The van der Waals surface area contributed by atoms with Crippen LogP contribution in [0.4, 0.5) is 8.78 Å². The molecule has 1 fully saturated rings. The lowest BCUT2D eigenvalue weighted by molar-refractivity contribution is 0.531. The van der Waals surface area contributed by atoms with Gasteiger partial charge in [0.25, 0.3) is 0 Å². The first-order valence-corrected chi connectivity index (χ1v) is 5.14. The van der Waals surface area contributed by atoms with Gasteiger partial charge in [-0.25, -0.2) is 8.78 Å². The van der Waals surface area contributed by atoms with Crippen molar-refractivity contribution in [1.82, 2.24) is 0 Å². The molecule has 1 aliphatic carbocycles. The molecule has 82 valence electrons. The van der Waals surface area contributed by atoms with Gasteiger partial charge in [-0.1, -0.05) is 25.4 Å². The van der Waals surface area contributed by atoms with E-state index in [4.69, 9.17) is 17.3 Å². The number of hydrogen-bond acceptors (Lipinski definition) is 1. The zero-order valence-electron chi connectivity index (χ0n) is 8.52. The molecule has 1 aromatic rings. The summed E-state index contributed by atoms with van der Waals surface area (Å²) in [6, 6.07) is 2.19. The molecule has 15 heavy (non-hydrogen) atoms. The van der Waals surface area contributed by atoms with Crippen molar-refractivity contribution in [3.63, 3.8) is 0 Å². The SMILES string of the molecule is CC1(C)C(N)C1c1c(F)ccc(Cl)c1F. The van der Waals surface area contributed by atoms with Gasteiger partial charge in [0.1, 0.15) is 11.6 Å². The first-order chi connectivity index (χ1) is 6.87. The van der Waals surface area contributed by atoms with Crippen molar-refractivity contribution in [3.8, 4) is 0 Å². The van der Waals surface area contributed by atoms with Gasteiger partial charge in [0, 0.05) is 17.5 Å². The van der Waals surface area contributed by atoms with Crippen LogP contribution in [-0.2, 0) is 0 Å². The minimum Gasteiger partial charge on any atom is -0.327 e. The predicted molar refractivity (Wildman–Crippen MR) is 55.9 cm³/mol. The summed E-state index contributed by atoms with van der Waals surface area (Å²) in [5, 5.41) is -0.0544. The maximum Gasteiger partial charge on any atom is 0.148 e. The van der Waals surface area contributed by atoms with Crippen LogP contribution >= 0.6 is 11.6 Å². The largest absolute Gasteiger partial charge is 0.327 e. The van der Waals surface area contributed by atoms with E-state index < -0.39 is 11.6 Å². The van der Waals surface area contributed by atoms with Gasteiger partial charge >= 0.3 is 0 Å². The zero-order chi connectivity index (χ0) is 11.4. The number of hydrogen-bond donors (Lipinski definition) is 1. The number of benzene rings is 1. The summed E-state index contributed by atoms with van der Waals surface area (Å²) in [4.78, 5) is 0. The van der Waals surface area contributed by atoms with Crippen molar-refractivity contribution >= 4 is 11.6 Å². The van der Waals surface area contributed by atoms with Crippen molar-refractivity contribution < 1.29 is 8.78 Å². The molecule has 2 unspecified atom stereocenters. The Morgan fingerprint density at radius 3 is 2.33 bits per heavy atom. The van der Waals surface area contributed by atoms with Crippen LogP contribution < -0.4 is 5.73 Å². The predicted octanol–water partition coefficient (Wildman–Crippen LogP) is 3.07. The molecule has 0 heterocycles. The van der Waals surface area contributed by atoms with Crippen molar-refractivity contribution in [2.45, 2.75) is 25.8 Å². The molecule has 0 radical (unpaired) electrons. The topological polar surface area (TPSA) is 26.0 Å². The summed E-state index contributed by atoms with van der Waals surface area (Å²) < 4.78 is 27.1. The molecular formula is C11H12ClF2N. The molecule has 0 aliphatic heterocycles. The second-order valence-electron chi connectivity index (χ2n) is 4.58. The van der Waals surface area contributed by atoms with Crippen LogP contribution in [-0.4, -0.2) is 6.04 Å². The van der Waals surface area contributed by atoms with E-state index in [1.807, 2.05) is 13.8 Å². The highest BCUT2D eigenvalue weighted by molar-refractivity contribution is 6.30. The number of halogens is 3. The molecule has 2 rings (SSSR count). The van der Waals surface area contributed by atoms with E-state index in [0.717, 1.165) is 0 Å². The van der Waals surface area contributed by atoms with E-state index in [1.165, 1.54) is 12.1 Å². The lowest BCUT2D eigenvalue weighted by atomic mass is 10.0. The molecule has 0 spiro atoms. The molecule has 0 aromatic heterocycles. The Kier molecular flexibility index (Phi) is 2.28. The fraction of sp³-hybridized carbons (Fsp3) is 0.455. The molecule has 0 amide bonds. The maximum atomic E-state index is 13.6. The highest BCUT2D eigenvalue weighted by Gasteiger charge is 2.58. The summed E-state index contributed by atoms with van der Waals surface area (Å²) in [5.41, 5.74) is 5.56. The van der Waals surface area contributed by atoms with Gasteiger partial charge in [0.05, 0.1) is 5.02 Å². The van der Waals surface area contributed by atoms with E-state index >= 15 is 0 Å². The molecular weight excluding hydrogens is 220 g/mol. The van der Waals surface area contributed by atoms with E-state index in [9.17, 15) is 8.78 Å². The maximum absolute atomic E-state index is 13.6. The molecule has 1 nitrogen and oxygen atoms in total. The first kappa shape index (κ1) is 10.8. The fourth-order valence-corrected chi connectivity index (χ4v) is 2.22. The normalized spacial score (nSPS) is 27.9. The highest BCUT2D eigenvalue weighted by Crippen LogP contribution is 2.58. The first-order valence-electron chi connectivity index (χ1n) is 4.76. The van der Waals surface area contributed by atoms with Crippen molar-refractivity contribution in [1.29, 1.82) is 0 Å². The van der Waals surface area contributed by atoms with Gasteiger partial charge in [-0.3, -0.25) is 0 Å². The van der Waals surface area contributed by atoms with Crippen LogP contribution in [0.2, 0.25) is 5.02 Å². The Morgan fingerprint density at radius 2 is 1.87 bits per heavy atom. The van der Waals surface area contributed by atoms with Gasteiger partial charge in [0.15, 0.2) is 0 Å². The molecule has 1 aliphatic rings. The van der Waals surface area contributed by atoms with Crippen LogP contribution in [0.1, 0.15) is 25.3 Å². The van der Waals surface area contributed by atoms with Crippen LogP contribution in [0, 0.1) is 17.0 Å². The third kappa shape index (κ3) is 1.45. The minimum absolute atomic E-state index is 0.0278. The van der Waals surface area contributed by atoms with Gasteiger partial charge in [-0.05, 0) is 17.5 Å². The average Bonchev–Trinajstić information content (AvgIpc) is 2.63. The third-order valence-corrected chi connectivity index (χ3v) is 3.59. The fourth-order valence-electron chi connectivity index (χ4n) is 2.06. The molecule has 1 saturated carbocycles.